The van der Waals surface area contributed by atoms with Crippen LogP contribution in [-0.2, 0) is 13.2 Å². The van der Waals surface area contributed by atoms with Crippen molar-refractivity contribution in [2.45, 2.75) is 13.2 Å². The van der Waals surface area contributed by atoms with Crippen molar-refractivity contribution in [3.8, 4) is 0 Å². The molecule has 0 aliphatic heterocycles. The van der Waals surface area contributed by atoms with E-state index in [0.717, 1.165) is 33.4 Å². The summed E-state index contributed by atoms with van der Waals surface area (Å²) in [5.41, 5.74) is 10.6. The Morgan fingerprint density at radius 2 is 1.76 bits per heavy atom. The first-order chi connectivity index (χ1) is 10.3. The molecule has 3 aromatic rings. The molecule has 0 atom stereocenters. The number of benzene rings is 2. The molecule has 0 aliphatic carbocycles. The van der Waals surface area contributed by atoms with Crippen LogP contribution in [0.1, 0.15) is 11.1 Å². The molecule has 0 saturated heterocycles. The third kappa shape index (κ3) is 2.80. The summed E-state index contributed by atoms with van der Waals surface area (Å²) < 4.78 is 0. The van der Waals surface area contributed by atoms with Gasteiger partial charge in [-0.05, 0) is 35.4 Å². The molecule has 0 unspecified atom stereocenters. The first kappa shape index (κ1) is 13.4. The van der Waals surface area contributed by atoms with Crippen molar-refractivity contribution in [1.82, 2.24) is 4.98 Å². The highest BCUT2D eigenvalue weighted by molar-refractivity contribution is 5.98. The van der Waals surface area contributed by atoms with Crippen molar-refractivity contribution in [1.29, 1.82) is 0 Å². The Balaban J connectivity index is 1.83. The van der Waals surface area contributed by atoms with Crippen LogP contribution in [0, 0.1) is 0 Å². The van der Waals surface area contributed by atoms with Crippen molar-refractivity contribution >= 4 is 22.3 Å². The number of aliphatic hydroxyl groups is 1. The molecule has 4 nitrogen and oxygen atoms in total. The van der Waals surface area contributed by atoms with Crippen molar-refractivity contribution in [3.63, 3.8) is 0 Å². The predicted molar refractivity (Wildman–Crippen MR) is 85.8 cm³/mol. The number of anilines is 2. The molecule has 4 N–H and O–H groups in total. The lowest BCUT2D eigenvalue weighted by molar-refractivity contribution is 0.282. The molecular weight excluding hydrogens is 262 g/mol. The second kappa shape index (κ2) is 5.81. The van der Waals surface area contributed by atoms with Gasteiger partial charge in [-0.3, -0.25) is 4.98 Å². The fraction of sp³-hybridized carbons (Fsp3) is 0.118. The smallest absolute Gasteiger partial charge is 0.0953 e. The second-order valence-corrected chi connectivity index (χ2v) is 4.93. The number of rotatable bonds is 4. The van der Waals surface area contributed by atoms with Crippen LogP contribution in [0.2, 0.25) is 0 Å². The van der Waals surface area contributed by atoms with E-state index < -0.39 is 0 Å². The van der Waals surface area contributed by atoms with Crippen LogP contribution < -0.4 is 11.1 Å². The fourth-order valence-corrected chi connectivity index (χ4v) is 2.30. The molecule has 1 heterocycles. The lowest BCUT2D eigenvalue weighted by Crippen LogP contribution is -2.01. The Bertz CT molecular complexity index is 754. The summed E-state index contributed by atoms with van der Waals surface area (Å²) in [4.78, 5) is 4.41. The molecule has 21 heavy (non-hydrogen) atoms. The minimum atomic E-state index is 0.0697. The predicted octanol–water partition coefficient (Wildman–Crippen LogP) is 2.92. The zero-order chi connectivity index (χ0) is 14.7. The summed E-state index contributed by atoms with van der Waals surface area (Å²) >= 11 is 0. The number of nitrogens with one attached hydrogen (secondary N) is 1. The van der Waals surface area contributed by atoms with Gasteiger partial charge in [-0.1, -0.05) is 24.3 Å². The van der Waals surface area contributed by atoms with Crippen LogP contribution in [0.3, 0.4) is 0 Å². The topological polar surface area (TPSA) is 71.2 Å². The highest BCUT2D eigenvalue weighted by Crippen LogP contribution is 2.26. The summed E-state index contributed by atoms with van der Waals surface area (Å²) in [7, 11) is 0. The summed E-state index contributed by atoms with van der Waals surface area (Å²) in [5, 5.41) is 13.4. The lowest BCUT2D eigenvalue weighted by atomic mass is 10.1. The maximum absolute atomic E-state index is 9.05. The van der Waals surface area contributed by atoms with E-state index in [-0.39, 0.29) is 6.61 Å². The number of hydrogen-bond acceptors (Lipinski definition) is 4. The number of aromatic nitrogens is 1. The van der Waals surface area contributed by atoms with Crippen LogP contribution in [0.5, 0.6) is 0 Å². The van der Waals surface area contributed by atoms with Gasteiger partial charge >= 0.3 is 0 Å². The van der Waals surface area contributed by atoms with Crippen LogP contribution >= 0.6 is 0 Å². The summed E-state index contributed by atoms with van der Waals surface area (Å²) in [6.45, 7) is 0.765. The molecule has 0 radical (unpaired) electrons. The molecule has 0 spiro atoms. The fourth-order valence-electron chi connectivity index (χ4n) is 2.30. The third-order valence-corrected chi connectivity index (χ3v) is 3.49. The number of nitrogen functional groups attached to an aromatic ring is 1. The molecule has 0 bridgehead atoms. The first-order valence-electron chi connectivity index (χ1n) is 6.83. The van der Waals surface area contributed by atoms with Gasteiger partial charge in [-0.2, -0.15) is 0 Å². The molecule has 0 saturated carbocycles. The van der Waals surface area contributed by atoms with Gasteiger partial charge in [0.15, 0.2) is 0 Å². The Kier molecular flexibility index (Phi) is 3.71. The van der Waals surface area contributed by atoms with Gasteiger partial charge in [0.05, 0.1) is 17.8 Å². The lowest BCUT2D eigenvalue weighted by Gasteiger charge is -2.11. The normalized spacial score (nSPS) is 10.7. The Labute approximate surface area is 123 Å². The Morgan fingerprint density at radius 1 is 1.00 bits per heavy atom. The molecule has 0 aliphatic rings. The highest BCUT2D eigenvalue weighted by atomic mass is 16.3. The van der Waals surface area contributed by atoms with Crippen LogP contribution in [0.4, 0.5) is 11.4 Å². The van der Waals surface area contributed by atoms with E-state index in [9.17, 15) is 0 Å². The number of nitrogens with zero attached hydrogens (tertiary/aromatic N) is 1. The monoisotopic (exact) mass is 279 g/mol. The van der Waals surface area contributed by atoms with E-state index in [0.29, 0.717) is 6.54 Å². The minimum Gasteiger partial charge on any atom is -0.398 e. The average Bonchev–Trinajstić information content (AvgIpc) is 2.55. The van der Waals surface area contributed by atoms with Crippen LogP contribution in [0.15, 0.2) is 54.7 Å². The zero-order valence-corrected chi connectivity index (χ0v) is 11.6. The van der Waals surface area contributed by atoms with E-state index >= 15 is 0 Å². The van der Waals surface area contributed by atoms with E-state index in [1.807, 2.05) is 48.5 Å². The van der Waals surface area contributed by atoms with Crippen molar-refractivity contribution in [2.75, 3.05) is 11.1 Å². The molecule has 1 aromatic heterocycles. The van der Waals surface area contributed by atoms with Gasteiger partial charge < -0.3 is 16.2 Å². The van der Waals surface area contributed by atoms with Crippen molar-refractivity contribution in [3.05, 3.63) is 65.9 Å². The van der Waals surface area contributed by atoms with E-state index in [1.54, 1.807) is 6.20 Å². The zero-order valence-electron chi connectivity index (χ0n) is 11.6. The summed E-state index contributed by atoms with van der Waals surface area (Å²) in [6.07, 6.45) is 1.77. The van der Waals surface area contributed by atoms with Gasteiger partial charge in [0.25, 0.3) is 0 Å². The molecule has 3 rings (SSSR count). The Hall–Kier alpha value is -2.59. The first-order valence-corrected chi connectivity index (χ1v) is 6.83. The van der Waals surface area contributed by atoms with Gasteiger partial charge in [0, 0.05) is 23.8 Å². The van der Waals surface area contributed by atoms with Crippen LogP contribution in [0.25, 0.3) is 10.9 Å². The number of fused-ring (bicyclic) bond motifs is 1. The molecule has 2 aromatic carbocycles. The maximum atomic E-state index is 9.05. The van der Waals surface area contributed by atoms with E-state index in [4.69, 9.17) is 10.8 Å². The molecular formula is C17H17N3O. The van der Waals surface area contributed by atoms with Gasteiger partial charge in [-0.15, -0.1) is 0 Å². The number of nitrogens with two attached hydrogens (primary N) is 1. The number of aliphatic hydroxyl groups excluding tert-OH is 1. The van der Waals surface area contributed by atoms with Gasteiger partial charge in [0.2, 0.25) is 0 Å². The maximum Gasteiger partial charge on any atom is 0.0953 e. The van der Waals surface area contributed by atoms with Gasteiger partial charge in [0.1, 0.15) is 0 Å². The minimum absolute atomic E-state index is 0.0697. The summed E-state index contributed by atoms with van der Waals surface area (Å²) in [6, 6.07) is 15.6. The molecule has 0 amide bonds. The second-order valence-electron chi connectivity index (χ2n) is 4.93. The standard InChI is InChI=1S/C17H17N3O/c18-15-7-8-16(17-14(15)2-1-9-19-17)20-10-12-3-5-13(11-21)6-4-12/h1-9,20-21H,10-11,18H2. The third-order valence-electron chi connectivity index (χ3n) is 3.49. The SMILES string of the molecule is Nc1ccc(NCc2ccc(CO)cc2)c2ncccc12. The van der Waals surface area contributed by atoms with E-state index in [1.165, 1.54) is 0 Å². The number of hydrogen-bond donors (Lipinski definition) is 3. The quantitative estimate of drug-likeness (QED) is 0.642. The van der Waals surface area contributed by atoms with Crippen molar-refractivity contribution in [2.24, 2.45) is 0 Å². The van der Waals surface area contributed by atoms with Crippen molar-refractivity contribution < 1.29 is 5.11 Å². The van der Waals surface area contributed by atoms with Crippen LogP contribution in [-0.4, -0.2) is 10.1 Å². The van der Waals surface area contributed by atoms with Gasteiger partial charge in [-0.25, -0.2) is 0 Å². The van der Waals surface area contributed by atoms with E-state index in [2.05, 4.69) is 10.3 Å². The summed E-state index contributed by atoms with van der Waals surface area (Å²) in [5.74, 6) is 0. The largest absolute Gasteiger partial charge is 0.398 e. The number of pyridine rings is 1. The Morgan fingerprint density at radius 3 is 2.52 bits per heavy atom. The highest BCUT2D eigenvalue weighted by Gasteiger charge is 2.04. The average molecular weight is 279 g/mol. The molecule has 0 fully saturated rings. The molecule has 106 valence electrons. The molecule has 4 heteroatoms.